The van der Waals surface area contributed by atoms with E-state index < -0.39 is 65.7 Å². The number of esters is 1. The number of nitrogens with one attached hydrogen (secondary N) is 4. The number of fused-ring (bicyclic) bond motifs is 3. The maximum atomic E-state index is 14.5. The second kappa shape index (κ2) is 23.8. The minimum atomic E-state index is -1.05. The maximum absolute atomic E-state index is 14.5. The van der Waals surface area contributed by atoms with Crippen molar-refractivity contribution < 1.29 is 43.0 Å². The van der Waals surface area contributed by atoms with Crippen LogP contribution in [0.4, 0.5) is 9.59 Å². The average molecular weight is 908 g/mol. The lowest BCUT2D eigenvalue weighted by atomic mass is 9.94. The van der Waals surface area contributed by atoms with Crippen molar-refractivity contribution in [2.24, 2.45) is 17.8 Å². The highest BCUT2D eigenvalue weighted by Gasteiger charge is 2.39. The van der Waals surface area contributed by atoms with Gasteiger partial charge in [-0.3, -0.25) is 14.4 Å². The number of hydrogen-bond acceptors (Lipinski definition) is 9. The molecule has 1 fully saturated rings. The zero-order valence-electron chi connectivity index (χ0n) is 39.8. The van der Waals surface area contributed by atoms with Crippen LogP contribution in [0.1, 0.15) is 103 Å². The van der Waals surface area contributed by atoms with Gasteiger partial charge in [0.2, 0.25) is 17.7 Å². The van der Waals surface area contributed by atoms with Gasteiger partial charge >= 0.3 is 18.2 Å². The highest BCUT2D eigenvalue weighted by Crippen LogP contribution is 2.44. The van der Waals surface area contributed by atoms with Gasteiger partial charge in [-0.1, -0.05) is 119 Å². The molecule has 66 heavy (non-hydrogen) atoms. The van der Waals surface area contributed by atoms with Gasteiger partial charge in [0.05, 0.1) is 19.1 Å². The summed E-state index contributed by atoms with van der Waals surface area (Å²) in [5, 5.41) is 11.3. The molecule has 2 aliphatic rings. The predicted molar refractivity (Wildman–Crippen MR) is 253 cm³/mol. The summed E-state index contributed by atoms with van der Waals surface area (Å²) in [6.07, 6.45) is 4.96. The number of methoxy groups -OCH3 is 1. The number of alkyl carbamates (subject to hydrolysis) is 2. The van der Waals surface area contributed by atoms with Crippen LogP contribution in [-0.4, -0.2) is 97.4 Å². The van der Waals surface area contributed by atoms with E-state index in [1.807, 2.05) is 92.7 Å². The second-order valence-electron chi connectivity index (χ2n) is 19.0. The Morgan fingerprint density at radius 2 is 1.44 bits per heavy atom. The van der Waals surface area contributed by atoms with Crippen LogP contribution >= 0.6 is 0 Å². The minimum absolute atomic E-state index is 0.0869. The Hall–Kier alpha value is -6.18. The van der Waals surface area contributed by atoms with Gasteiger partial charge in [-0.25, -0.2) is 14.4 Å². The summed E-state index contributed by atoms with van der Waals surface area (Å²) in [5.41, 5.74) is 4.72. The zero-order valence-corrected chi connectivity index (χ0v) is 39.8. The molecule has 5 atom stereocenters. The molecule has 1 aliphatic heterocycles. The van der Waals surface area contributed by atoms with Crippen LogP contribution in [0.5, 0.6) is 0 Å². The maximum Gasteiger partial charge on any atom is 0.408 e. The van der Waals surface area contributed by atoms with E-state index in [4.69, 9.17) is 14.2 Å². The first-order chi connectivity index (χ1) is 31.4. The van der Waals surface area contributed by atoms with E-state index in [1.165, 1.54) is 7.11 Å². The Labute approximate surface area is 390 Å². The first-order valence-electron chi connectivity index (χ1n) is 23.2. The Balaban J connectivity index is 1.18. The SMILES string of the molecule is COC(=O)C(CCCNC(=O)OCC1c2ccccc2-c2ccccc21)NC(=O)C(NC(=O)[C@@H]1CCCN1C(=O)C(/C=C/C(CC(C)C)NC(=O)OC(C)(C)C)Cc1ccccc1)C(C)C. The molecule has 14 heteroatoms. The first-order valence-corrected chi connectivity index (χ1v) is 23.2. The number of rotatable bonds is 20. The molecule has 14 nitrogen and oxygen atoms in total. The molecule has 0 aromatic heterocycles. The van der Waals surface area contributed by atoms with Crippen molar-refractivity contribution in [3.8, 4) is 11.1 Å². The van der Waals surface area contributed by atoms with Crippen LogP contribution in [0, 0.1) is 17.8 Å². The lowest BCUT2D eigenvalue weighted by molar-refractivity contribution is -0.146. The van der Waals surface area contributed by atoms with Crippen LogP contribution in [0.3, 0.4) is 0 Å². The fraction of sp³-hybridized carbons (Fsp3) is 0.500. The topological polar surface area (TPSA) is 181 Å². The summed E-state index contributed by atoms with van der Waals surface area (Å²) in [4.78, 5) is 82.5. The fourth-order valence-electron chi connectivity index (χ4n) is 8.63. The summed E-state index contributed by atoms with van der Waals surface area (Å²) < 4.78 is 16.2. The van der Waals surface area contributed by atoms with Gasteiger partial charge in [-0.05, 0) is 98.9 Å². The summed E-state index contributed by atoms with van der Waals surface area (Å²) in [7, 11) is 1.23. The number of ether oxygens (including phenoxy) is 3. The number of nitrogens with zero attached hydrogens (tertiary/aromatic N) is 1. The molecule has 1 saturated heterocycles. The smallest absolute Gasteiger partial charge is 0.408 e. The number of amides is 5. The van der Waals surface area contributed by atoms with Crippen LogP contribution in [0.2, 0.25) is 0 Å². The van der Waals surface area contributed by atoms with Crippen LogP contribution in [0.15, 0.2) is 91.0 Å². The Morgan fingerprint density at radius 1 is 0.803 bits per heavy atom. The van der Waals surface area contributed by atoms with Gasteiger partial charge < -0.3 is 40.4 Å². The van der Waals surface area contributed by atoms with Crippen molar-refractivity contribution in [1.29, 1.82) is 0 Å². The highest BCUT2D eigenvalue weighted by molar-refractivity contribution is 5.94. The zero-order chi connectivity index (χ0) is 48.0. The van der Waals surface area contributed by atoms with Gasteiger partial charge in [0.1, 0.15) is 30.3 Å². The van der Waals surface area contributed by atoms with E-state index >= 15 is 0 Å². The van der Waals surface area contributed by atoms with Gasteiger partial charge in [0.25, 0.3) is 0 Å². The minimum Gasteiger partial charge on any atom is -0.467 e. The van der Waals surface area contributed by atoms with E-state index in [0.717, 1.165) is 27.8 Å². The fourth-order valence-corrected chi connectivity index (χ4v) is 8.63. The monoisotopic (exact) mass is 908 g/mol. The van der Waals surface area contributed by atoms with Crippen LogP contribution < -0.4 is 21.3 Å². The normalized spacial score (nSPS) is 16.5. The average Bonchev–Trinajstić information content (AvgIpc) is 3.89. The standard InChI is InChI=1S/C52H69N5O9/c1-33(2)30-37(54-51(63)66-52(5,6)7)27-26-36(31-35-18-10-9-11-19-35)48(60)57-29-17-25-44(57)46(58)56-45(34(3)4)47(59)55-43(49(61)64-8)24-16-28-53-50(62)65-32-42-40-22-14-12-20-38(40)39-21-13-15-23-41(39)42/h9-15,18-23,26-27,33-34,36-37,42-45H,16-17,24-25,28-32H2,1-8H3,(H,53,62)(H,54,63)(H,55,59)(H,56,58)/b27-26+/t36?,37?,43?,44-,45?/m0/s1. The molecule has 4 unspecified atom stereocenters. The van der Waals surface area contributed by atoms with Crippen molar-refractivity contribution >= 4 is 35.9 Å². The summed E-state index contributed by atoms with van der Waals surface area (Å²) in [6, 6.07) is 22.5. The van der Waals surface area contributed by atoms with Crippen molar-refractivity contribution in [1.82, 2.24) is 26.2 Å². The van der Waals surface area contributed by atoms with E-state index in [2.05, 4.69) is 33.4 Å². The van der Waals surface area contributed by atoms with Crippen LogP contribution in [-0.2, 0) is 39.8 Å². The van der Waals surface area contributed by atoms with Gasteiger partial charge in [0.15, 0.2) is 0 Å². The van der Waals surface area contributed by atoms with Gasteiger partial charge in [0, 0.05) is 19.0 Å². The molecular weight excluding hydrogens is 839 g/mol. The third-order valence-corrected chi connectivity index (χ3v) is 11.8. The molecule has 3 aromatic carbocycles. The molecule has 0 saturated carbocycles. The van der Waals surface area contributed by atoms with Crippen molar-refractivity contribution in [3.05, 3.63) is 108 Å². The lowest BCUT2D eigenvalue weighted by Gasteiger charge is -2.30. The number of likely N-dealkylation sites (tertiary alicyclic amines) is 1. The number of hydrogen-bond donors (Lipinski definition) is 4. The Bertz CT molecular complexity index is 2120. The molecule has 1 aliphatic carbocycles. The third-order valence-electron chi connectivity index (χ3n) is 11.8. The third kappa shape index (κ3) is 14.4. The lowest BCUT2D eigenvalue weighted by Crippen LogP contribution is -2.57. The molecule has 3 aromatic rings. The molecule has 5 amide bonds. The second-order valence-corrected chi connectivity index (χ2v) is 19.0. The molecule has 0 bridgehead atoms. The molecule has 4 N–H and O–H groups in total. The van der Waals surface area contributed by atoms with E-state index in [1.54, 1.807) is 39.5 Å². The van der Waals surface area contributed by atoms with E-state index in [-0.39, 0.29) is 43.2 Å². The first kappa shape index (κ1) is 50.8. The highest BCUT2D eigenvalue weighted by atomic mass is 16.6. The Morgan fingerprint density at radius 3 is 2.05 bits per heavy atom. The van der Waals surface area contributed by atoms with Crippen molar-refractivity contribution in [3.63, 3.8) is 0 Å². The van der Waals surface area contributed by atoms with E-state index in [0.29, 0.717) is 38.6 Å². The summed E-state index contributed by atoms with van der Waals surface area (Å²) >= 11 is 0. The molecule has 0 radical (unpaired) electrons. The summed E-state index contributed by atoms with van der Waals surface area (Å²) in [5.74, 6) is -2.84. The predicted octanol–water partition coefficient (Wildman–Crippen LogP) is 7.45. The molecule has 356 valence electrons. The summed E-state index contributed by atoms with van der Waals surface area (Å²) in [6.45, 7) is 13.8. The van der Waals surface area contributed by atoms with Crippen molar-refractivity contribution in [2.45, 2.75) is 123 Å². The van der Waals surface area contributed by atoms with Crippen LogP contribution in [0.25, 0.3) is 11.1 Å². The van der Waals surface area contributed by atoms with Gasteiger partial charge in [-0.15, -0.1) is 0 Å². The number of carbonyl (C=O) groups is 6. The van der Waals surface area contributed by atoms with Gasteiger partial charge in [-0.2, -0.15) is 0 Å². The van der Waals surface area contributed by atoms with E-state index in [9.17, 15) is 28.8 Å². The number of benzene rings is 3. The molecule has 0 spiro atoms. The number of carbonyl (C=O) groups excluding carboxylic acids is 6. The largest absolute Gasteiger partial charge is 0.467 e. The molecular formula is C52H69N5O9. The van der Waals surface area contributed by atoms with Crippen molar-refractivity contribution in [2.75, 3.05) is 26.8 Å². The molecule has 5 rings (SSSR count). The molecule has 1 heterocycles. The Kier molecular flexibility index (Phi) is 18.4. The quantitative estimate of drug-likeness (QED) is 0.0388.